The molecular formula is C36H42FNO6. The number of carboxylic acids is 1. The first kappa shape index (κ1) is 31.5. The van der Waals surface area contributed by atoms with Crippen molar-refractivity contribution in [1.29, 1.82) is 0 Å². The molecule has 3 aromatic rings. The van der Waals surface area contributed by atoms with Gasteiger partial charge in [0.25, 0.3) is 5.91 Å². The molecule has 3 aromatic carbocycles. The van der Waals surface area contributed by atoms with E-state index in [9.17, 15) is 14.7 Å². The number of anilines is 1. The number of carboxylic acid groups (broad SMARTS) is 1. The smallest absolute Gasteiger partial charge is 0.337 e. The van der Waals surface area contributed by atoms with Gasteiger partial charge in [0.1, 0.15) is 5.75 Å². The number of rotatable bonds is 8. The van der Waals surface area contributed by atoms with E-state index in [0.717, 1.165) is 34.2 Å². The van der Waals surface area contributed by atoms with Gasteiger partial charge in [-0.05, 0) is 131 Å². The molecule has 2 aliphatic rings. The van der Waals surface area contributed by atoms with Gasteiger partial charge in [0.15, 0.2) is 17.7 Å². The van der Waals surface area contributed by atoms with Gasteiger partial charge in [0.2, 0.25) is 0 Å². The standard InChI is InChI=1S/C36H42FNO6/c1-8-25-26-11-10-12-43-32(26)29(37)19-28(25)31-18-22-17-27(33(35(40)41)44-36(5,6)7)21(4)15-30(22)38(31)34(39)23-13-20(3)14-24(16-23)42-9-2/h13-17,19,31,33H,8-12,18H2,1-7H3,(H,40,41)/t31?,33-/m0/s1. The molecule has 0 fully saturated rings. The van der Waals surface area contributed by atoms with E-state index in [-0.39, 0.29) is 5.91 Å². The third-order valence-corrected chi connectivity index (χ3v) is 8.27. The number of fused-ring (bicyclic) bond motifs is 2. The highest BCUT2D eigenvalue weighted by Crippen LogP contribution is 2.47. The van der Waals surface area contributed by atoms with E-state index in [0.29, 0.717) is 66.4 Å². The zero-order valence-corrected chi connectivity index (χ0v) is 26.7. The lowest BCUT2D eigenvalue weighted by atomic mass is 9.88. The third-order valence-electron chi connectivity index (χ3n) is 8.27. The van der Waals surface area contributed by atoms with Gasteiger partial charge in [-0.3, -0.25) is 4.79 Å². The van der Waals surface area contributed by atoms with Crippen molar-refractivity contribution in [3.63, 3.8) is 0 Å². The summed E-state index contributed by atoms with van der Waals surface area (Å²) >= 11 is 0. The number of benzene rings is 3. The lowest BCUT2D eigenvalue weighted by Crippen LogP contribution is -2.33. The third kappa shape index (κ3) is 6.05. The predicted octanol–water partition coefficient (Wildman–Crippen LogP) is 7.61. The van der Waals surface area contributed by atoms with Crippen molar-refractivity contribution in [1.82, 2.24) is 0 Å². The minimum Gasteiger partial charge on any atom is -0.494 e. The van der Waals surface area contributed by atoms with E-state index in [1.165, 1.54) is 6.07 Å². The van der Waals surface area contributed by atoms with Crippen LogP contribution in [0.25, 0.3) is 0 Å². The van der Waals surface area contributed by atoms with Crippen molar-refractivity contribution in [3.8, 4) is 11.5 Å². The zero-order chi connectivity index (χ0) is 31.9. The Morgan fingerprint density at radius 2 is 1.86 bits per heavy atom. The van der Waals surface area contributed by atoms with E-state index in [2.05, 4.69) is 0 Å². The molecule has 1 unspecified atom stereocenters. The molecule has 0 aromatic heterocycles. The number of hydrogen-bond acceptors (Lipinski definition) is 5. The van der Waals surface area contributed by atoms with Gasteiger partial charge in [-0.2, -0.15) is 0 Å². The summed E-state index contributed by atoms with van der Waals surface area (Å²) in [6.07, 6.45) is 1.37. The Morgan fingerprint density at radius 3 is 2.52 bits per heavy atom. The summed E-state index contributed by atoms with van der Waals surface area (Å²) in [5.74, 6) is -0.826. The van der Waals surface area contributed by atoms with Crippen molar-refractivity contribution in [2.45, 2.75) is 91.9 Å². The van der Waals surface area contributed by atoms with Gasteiger partial charge in [-0.15, -0.1) is 0 Å². The lowest BCUT2D eigenvalue weighted by Gasteiger charge is -2.31. The second-order valence-corrected chi connectivity index (χ2v) is 12.7. The summed E-state index contributed by atoms with van der Waals surface area (Å²) in [6.45, 7) is 14.1. The van der Waals surface area contributed by atoms with Crippen molar-refractivity contribution >= 4 is 17.6 Å². The average Bonchev–Trinajstić information content (AvgIpc) is 3.32. The van der Waals surface area contributed by atoms with E-state index in [4.69, 9.17) is 14.2 Å². The molecule has 0 saturated carbocycles. The Kier molecular flexibility index (Phi) is 8.76. The fraction of sp³-hybridized carbons (Fsp3) is 0.444. The number of hydrogen-bond donors (Lipinski definition) is 1. The number of carbonyl (C=O) groups is 2. The molecule has 2 atom stereocenters. The van der Waals surface area contributed by atoms with Gasteiger partial charge < -0.3 is 24.2 Å². The summed E-state index contributed by atoms with van der Waals surface area (Å²) in [4.78, 5) is 28.7. The Labute approximate surface area is 258 Å². The molecule has 0 aliphatic carbocycles. The van der Waals surface area contributed by atoms with Crippen LogP contribution in [-0.2, 0) is 28.8 Å². The van der Waals surface area contributed by atoms with Gasteiger partial charge in [-0.25, -0.2) is 9.18 Å². The summed E-state index contributed by atoms with van der Waals surface area (Å²) in [5, 5.41) is 10.1. The fourth-order valence-corrected chi connectivity index (χ4v) is 6.56. The largest absolute Gasteiger partial charge is 0.494 e. The Balaban J connectivity index is 1.70. The molecule has 234 valence electrons. The SMILES string of the molecule is CCOc1cc(C)cc(C(=O)N2c3cc(C)c([C@H](OC(C)(C)C)C(=O)O)cc3CC2c2cc(F)c3c(c2CC)CCCO3)c1. The summed E-state index contributed by atoms with van der Waals surface area (Å²) in [5.41, 5.74) is 5.98. The van der Waals surface area contributed by atoms with Crippen LogP contribution in [0.1, 0.15) is 102 Å². The highest BCUT2D eigenvalue weighted by Gasteiger charge is 2.40. The Hall–Kier alpha value is -3.91. The predicted molar refractivity (Wildman–Crippen MR) is 168 cm³/mol. The van der Waals surface area contributed by atoms with E-state index >= 15 is 4.39 Å². The molecule has 1 N–H and O–H groups in total. The molecule has 0 bridgehead atoms. The van der Waals surface area contributed by atoms with Gasteiger partial charge in [0, 0.05) is 16.8 Å². The second-order valence-electron chi connectivity index (χ2n) is 12.7. The van der Waals surface area contributed by atoms with Crippen molar-refractivity contribution in [2.75, 3.05) is 18.1 Å². The van der Waals surface area contributed by atoms with Crippen LogP contribution in [0.4, 0.5) is 10.1 Å². The second kappa shape index (κ2) is 12.2. The summed E-state index contributed by atoms with van der Waals surface area (Å²) < 4.78 is 33.1. The molecule has 0 radical (unpaired) electrons. The number of amides is 1. The minimum atomic E-state index is -1.18. The van der Waals surface area contributed by atoms with Crippen LogP contribution in [-0.4, -0.2) is 35.8 Å². The number of nitrogens with zero attached hydrogens (tertiary/aromatic N) is 1. The minimum absolute atomic E-state index is 0.234. The fourth-order valence-electron chi connectivity index (χ4n) is 6.56. The average molecular weight is 604 g/mol. The highest BCUT2D eigenvalue weighted by molar-refractivity contribution is 6.08. The molecule has 2 heterocycles. The number of ether oxygens (including phenoxy) is 3. The van der Waals surface area contributed by atoms with E-state index in [1.54, 1.807) is 11.0 Å². The Bertz CT molecular complexity index is 1610. The monoisotopic (exact) mass is 603 g/mol. The maximum absolute atomic E-state index is 15.6. The number of aryl methyl sites for hydroxylation is 2. The first-order valence-corrected chi connectivity index (χ1v) is 15.4. The summed E-state index contributed by atoms with van der Waals surface area (Å²) in [7, 11) is 0. The van der Waals surface area contributed by atoms with Gasteiger partial charge in [-0.1, -0.05) is 13.0 Å². The van der Waals surface area contributed by atoms with Gasteiger partial charge in [0.05, 0.1) is 24.9 Å². The molecule has 44 heavy (non-hydrogen) atoms. The normalized spacial score (nSPS) is 16.6. The summed E-state index contributed by atoms with van der Waals surface area (Å²) in [6, 6.07) is 10.2. The van der Waals surface area contributed by atoms with Crippen LogP contribution >= 0.6 is 0 Å². The number of carbonyl (C=O) groups excluding carboxylic acids is 1. The van der Waals surface area contributed by atoms with Crippen LogP contribution in [0.3, 0.4) is 0 Å². The number of aliphatic carboxylic acids is 1. The van der Waals surface area contributed by atoms with Crippen LogP contribution < -0.4 is 14.4 Å². The molecular weight excluding hydrogens is 561 g/mol. The molecule has 0 spiro atoms. The Morgan fingerprint density at radius 1 is 1.11 bits per heavy atom. The van der Waals surface area contributed by atoms with Crippen LogP contribution in [0, 0.1) is 19.7 Å². The first-order chi connectivity index (χ1) is 20.8. The van der Waals surface area contributed by atoms with Crippen LogP contribution in [0.5, 0.6) is 11.5 Å². The van der Waals surface area contributed by atoms with E-state index < -0.39 is 29.5 Å². The lowest BCUT2D eigenvalue weighted by molar-refractivity contribution is -0.160. The topological polar surface area (TPSA) is 85.3 Å². The first-order valence-electron chi connectivity index (χ1n) is 15.4. The van der Waals surface area contributed by atoms with E-state index in [1.807, 2.05) is 72.7 Å². The van der Waals surface area contributed by atoms with Crippen molar-refractivity contribution in [3.05, 3.63) is 86.7 Å². The molecule has 5 rings (SSSR count). The molecule has 7 nitrogen and oxygen atoms in total. The maximum Gasteiger partial charge on any atom is 0.337 e. The van der Waals surface area contributed by atoms with Crippen molar-refractivity contribution in [2.24, 2.45) is 0 Å². The van der Waals surface area contributed by atoms with Crippen LogP contribution in [0.2, 0.25) is 0 Å². The number of halogens is 1. The van der Waals surface area contributed by atoms with Crippen molar-refractivity contribution < 1.29 is 33.3 Å². The van der Waals surface area contributed by atoms with Crippen LogP contribution in [0.15, 0.2) is 36.4 Å². The highest BCUT2D eigenvalue weighted by atomic mass is 19.1. The molecule has 0 saturated heterocycles. The zero-order valence-electron chi connectivity index (χ0n) is 26.7. The molecule has 2 aliphatic heterocycles. The maximum atomic E-state index is 15.6. The molecule has 1 amide bonds. The quantitative estimate of drug-likeness (QED) is 0.285. The van der Waals surface area contributed by atoms with Gasteiger partial charge >= 0.3 is 5.97 Å². The molecule has 8 heteroatoms.